The Labute approximate surface area is 529 Å². The van der Waals surface area contributed by atoms with Gasteiger partial charge < -0.3 is 20.2 Å². The van der Waals surface area contributed by atoms with Crippen molar-refractivity contribution in [2.45, 2.75) is 405 Å². The third-order valence-electron chi connectivity index (χ3n) is 19.7. The van der Waals surface area contributed by atoms with Crippen LogP contribution >= 0.6 is 0 Å². The van der Waals surface area contributed by atoms with Crippen LogP contribution in [0.5, 0.6) is 0 Å². The lowest BCUT2D eigenvalue weighted by Crippen LogP contribution is -2.26. The molecule has 85 heavy (non-hydrogen) atoms. The molecule has 0 fully saturated rings. The van der Waals surface area contributed by atoms with Crippen LogP contribution in [0.15, 0.2) is 72.8 Å². The number of hydrogen-bond donors (Lipinski definition) is 3. The molecule has 0 spiro atoms. The van der Waals surface area contributed by atoms with E-state index in [-0.39, 0.29) is 0 Å². The Balaban J connectivity index is 2.03. The van der Waals surface area contributed by atoms with Crippen LogP contribution in [0.3, 0.4) is 0 Å². The van der Waals surface area contributed by atoms with Gasteiger partial charge in [0.05, 0.1) is 16.8 Å². The maximum absolute atomic E-state index is 12.8. The molecule has 0 aliphatic carbocycles. The van der Waals surface area contributed by atoms with Gasteiger partial charge in [0.25, 0.3) is 0 Å². The van der Waals surface area contributed by atoms with Gasteiger partial charge in [-0.1, -0.05) is 386 Å². The van der Waals surface area contributed by atoms with E-state index in [1.54, 1.807) is 0 Å². The summed E-state index contributed by atoms with van der Waals surface area (Å²) < 4.78 is 0. The molecule has 0 bridgehead atoms. The second-order valence-corrected chi connectivity index (χ2v) is 27.4. The summed E-state index contributed by atoms with van der Waals surface area (Å²) >= 11 is 0. The minimum Gasteiger partial charge on any atom is -0.385 e. The van der Waals surface area contributed by atoms with E-state index in [1.165, 1.54) is 270 Å². The van der Waals surface area contributed by atoms with Crippen molar-refractivity contribution in [3.63, 3.8) is 0 Å². The van der Waals surface area contributed by atoms with Gasteiger partial charge in [0.15, 0.2) is 0 Å². The van der Waals surface area contributed by atoms with Crippen LogP contribution in [-0.4, -0.2) is 15.3 Å². The molecular weight excluding hydrogens is 1030 g/mol. The first-order chi connectivity index (χ1) is 41.6. The highest BCUT2D eigenvalue weighted by molar-refractivity contribution is 5.77. The quantitative estimate of drug-likeness (QED) is 0.0493. The summed E-state index contributed by atoms with van der Waals surface area (Å²) in [6.45, 7) is 13.8. The van der Waals surface area contributed by atoms with Crippen molar-refractivity contribution in [1.82, 2.24) is 0 Å². The molecule has 4 nitrogen and oxygen atoms in total. The summed E-state index contributed by atoms with van der Waals surface area (Å²) in [5, 5.41) is 38.4. The molecule has 0 amide bonds. The Hall–Kier alpha value is -2.66. The molecule has 3 N–H and O–H groups in total. The standard InChI is InChI=1S/C81H141NO3/c1-7-13-19-25-31-37-43-49-67-79(83,68-50-44-38-32-26-20-14-8-2)73-55-61-76(62-56-73)82(77-63-57-74(58-64-77)80(84,69-51-45-39-33-27-21-15-9-3)70-52-46-40-34-28-22-16-10-4)78-65-59-75(60-66-78)81(85,71-53-47-41-35-29-23-17-11-5)72-54-48-42-36-30-24-18-12-6/h55-66,83-85H,7-54,67-72H2,1-6H3. The van der Waals surface area contributed by atoms with Crippen LogP contribution in [0.1, 0.15) is 405 Å². The molecule has 0 heterocycles. The third kappa shape index (κ3) is 33.7. The van der Waals surface area contributed by atoms with E-state index in [2.05, 4.69) is 119 Å². The molecule has 0 aliphatic heterocycles. The van der Waals surface area contributed by atoms with E-state index >= 15 is 0 Å². The highest BCUT2D eigenvalue weighted by Gasteiger charge is 2.32. The third-order valence-corrected chi connectivity index (χ3v) is 19.7. The van der Waals surface area contributed by atoms with Crippen molar-refractivity contribution in [3.05, 3.63) is 89.5 Å². The summed E-state index contributed by atoms with van der Waals surface area (Å²) in [4.78, 5) is 2.37. The van der Waals surface area contributed by atoms with Gasteiger partial charge in [0, 0.05) is 17.1 Å². The van der Waals surface area contributed by atoms with Gasteiger partial charge in [-0.15, -0.1) is 0 Å². The number of unbranched alkanes of at least 4 members (excludes halogenated alkanes) is 42. The topological polar surface area (TPSA) is 63.9 Å². The largest absolute Gasteiger partial charge is 0.385 e. The van der Waals surface area contributed by atoms with Crippen molar-refractivity contribution >= 4 is 17.1 Å². The maximum Gasteiger partial charge on any atom is 0.0896 e. The minimum absolute atomic E-state index is 0.812. The Morgan fingerprint density at radius 1 is 0.200 bits per heavy atom. The average Bonchev–Trinajstić information content (AvgIpc) is 3.71. The zero-order valence-corrected chi connectivity index (χ0v) is 57.4. The van der Waals surface area contributed by atoms with Crippen LogP contribution in [0.4, 0.5) is 17.1 Å². The van der Waals surface area contributed by atoms with E-state index in [0.29, 0.717) is 0 Å². The van der Waals surface area contributed by atoms with Gasteiger partial charge in [-0.3, -0.25) is 0 Å². The molecule has 488 valence electrons. The summed E-state index contributed by atoms with van der Waals surface area (Å²) in [5.41, 5.74) is 3.79. The van der Waals surface area contributed by atoms with Gasteiger partial charge in [-0.25, -0.2) is 0 Å². The van der Waals surface area contributed by atoms with Crippen LogP contribution in [-0.2, 0) is 16.8 Å². The lowest BCUT2D eigenvalue weighted by molar-refractivity contribution is 0.0129. The Kier molecular flexibility index (Phi) is 45.2. The molecular formula is C81H141NO3. The maximum atomic E-state index is 12.8. The van der Waals surface area contributed by atoms with Crippen LogP contribution < -0.4 is 4.90 Å². The summed E-state index contributed by atoms with van der Waals surface area (Å²) in [5.74, 6) is 0. The number of benzene rings is 3. The molecule has 4 heteroatoms. The SMILES string of the molecule is CCCCCCCCCCC(O)(CCCCCCCCCC)c1ccc(N(c2ccc(C(O)(CCCCCCCCCC)CCCCCCCCCC)cc2)c2ccc(C(O)(CCCCCCCCCC)CCCCCCCCCC)cc2)cc1. The van der Waals surface area contributed by atoms with Crippen molar-refractivity contribution in [3.8, 4) is 0 Å². The lowest BCUT2D eigenvalue weighted by Gasteiger charge is -2.32. The molecule has 0 atom stereocenters. The van der Waals surface area contributed by atoms with Gasteiger partial charge in [0.1, 0.15) is 0 Å². The molecule has 3 rings (SSSR count). The van der Waals surface area contributed by atoms with Crippen LogP contribution in [0, 0.1) is 0 Å². The van der Waals surface area contributed by atoms with Crippen molar-refractivity contribution in [2.75, 3.05) is 4.90 Å². The fraction of sp³-hybridized carbons (Fsp3) is 0.778. The summed E-state index contributed by atoms with van der Waals surface area (Å²) in [6.07, 6.45) is 65.5. The number of aliphatic hydroxyl groups is 3. The van der Waals surface area contributed by atoms with Crippen molar-refractivity contribution in [1.29, 1.82) is 0 Å². The molecule has 0 saturated heterocycles. The number of nitrogens with zero attached hydrogens (tertiary/aromatic N) is 1. The van der Waals surface area contributed by atoms with Gasteiger partial charge in [-0.2, -0.15) is 0 Å². The van der Waals surface area contributed by atoms with Crippen molar-refractivity contribution in [2.24, 2.45) is 0 Å². The fourth-order valence-electron chi connectivity index (χ4n) is 13.8. The predicted octanol–water partition coefficient (Wildman–Crippen LogP) is 26.9. The van der Waals surface area contributed by atoms with Gasteiger partial charge in [0.2, 0.25) is 0 Å². The van der Waals surface area contributed by atoms with Crippen molar-refractivity contribution < 1.29 is 15.3 Å². The number of anilines is 3. The molecule has 3 aromatic rings. The first-order valence-electron chi connectivity index (χ1n) is 37.9. The van der Waals surface area contributed by atoms with Gasteiger partial charge >= 0.3 is 0 Å². The van der Waals surface area contributed by atoms with E-state index in [1.807, 2.05) is 0 Å². The Bertz CT molecular complexity index is 1640. The van der Waals surface area contributed by atoms with Crippen LogP contribution in [0.25, 0.3) is 0 Å². The van der Waals surface area contributed by atoms with Crippen LogP contribution in [0.2, 0.25) is 0 Å². The second kappa shape index (κ2) is 50.1. The highest BCUT2D eigenvalue weighted by Crippen LogP contribution is 2.42. The lowest BCUT2D eigenvalue weighted by atomic mass is 9.83. The smallest absolute Gasteiger partial charge is 0.0896 e. The molecule has 0 aromatic heterocycles. The molecule has 0 aliphatic rings. The molecule has 0 radical (unpaired) electrons. The number of rotatable bonds is 60. The summed E-state index contributed by atoms with van der Waals surface area (Å²) in [7, 11) is 0. The Morgan fingerprint density at radius 2 is 0.329 bits per heavy atom. The average molecular weight is 1180 g/mol. The highest BCUT2D eigenvalue weighted by atomic mass is 16.3. The molecule has 0 saturated carbocycles. The summed E-state index contributed by atoms with van der Waals surface area (Å²) in [6, 6.07) is 26.9. The second-order valence-electron chi connectivity index (χ2n) is 27.4. The van der Waals surface area contributed by atoms with E-state index in [9.17, 15) is 15.3 Å². The normalized spacial score (nSPS) is 12.2. The monoisotopic (exact) mass is 1180 g/mol. The molecule has 3 aromatic carbocycles. The number of hydrogen-bond acceptors (Lipinski definition) is 4. The fourth-order valence-corrected chi connectivity index (χ4v) is 13.8. The zero-order valence-electron chi connectivity index (χ0n) is 57.4. The predicted molar refractivity (Wildman–Crippen MR) is 376 cm³/mol. The minimum atomic E-state index is -0.847. The van der Waals surface area contributed by atoms with E-state index < -0.39 is 16.8 Å². The van der Waals surface area contributed by atoms with E-state index in [0.717, 1.165) is 111 Å². The zero-order chi connectivity index (χ0) is 61.2. The van der Waals surface area contributed by atoms with Gasteiger partial charge in [-0.05, 0) is 91.6 Å². The Morgan fingerprint density at radius 3 is 0.471 bits per heavy atom. The van der Waals surface area contributed by atoms with E-state index in [4.69, 9.17) is 0 Å². The first-order valence-corrected chi connectivity index (χ1v) is 37.9. The first kappa shape index (κ1) is 76.6. The molecule has 0 unspecified atom stereocenters.